The topological polar surface area (TPSA) is 3.24 Å². The molecule has 0 saturated carbocycles. The SMILES string of the molecule is C[C@H]1CN(Cc2ccccc2)CC[C@H]1c1ccc(Br)cc1. The molecule has 0 N–H and O–H groups in total. The van der Waals surface area contributed by atoms with E-state index in [2.05, 4.69) is 82.4 Å². The van der Waals surface area contributed by atoms with Crippen LogP contribution in [0.15, 0.2) is 59.1 Å². The quantitative estimate of drug-likeness (QED) is 0.751. The molecule has 0 bridgehead atoms. The minimum absolute atomic E-state index is 0.699. The van der Waals surface area contributed by atoms with E-state index in [1.165, 1.54) is 35.1 Å². The summed E-state index contributed by atoms with van der Waals surface area (Å²) in [6.07, 6.45) is 1.26. The lowest BCUT2D eigenvalue weighted by Gasteiger charge is -2.37. The van der Waals surface area contributed by atoms with Gasteiger partial charge in [-0.1, -0.05) is 65.3 Å². The molecule has 1 heterocycles. The first kappa shape index (κ1) is 14.8. The van der Waals surface area contributed by atoms with E-state index in [1.54, 1.807) is 0 Å². The van der Waals surface area contributed by atoms with Crippen molar-refractivity contribution in [1.29, 1.82) is 0 Å². The van der Waals surface area contributed by atoms with Gasteiger partial charge in [0.05, 0.1) is 0 Å². The van der Waals surface area contributed by atoms with Gasteiger partial charge in [-0.3, -0.25) is 4.90 Å². The van der Waals surface area contributed by atoms with Crippen molar-refractivity contribution in [2.45, 2.75) is 25.8 Å². The average Bonchev–Trinajstić information content (AvgIpc) is 2.50. The zero-order chi connectivity index (χ0) is 14.7. The Balaban J connectivity index is 1.63. The molecule has 0 aliphatic carbocycles. The third kappa shape index (κ3) is 3.75. The number of piperidine rings is 1. The fourth-order valence-corrected chi connectivity index (χ4v) is 3.69. The zero-order valence-electron chi connectivity index (χ0n) is 12.5. The molecule has 1 saturated heterocycles. The summed E-state index contributed by atoms with van der Waals surface area (Å²) < 4.78 is 1.17. The van der Waals surface area contributed by atoms with Gasteiger partial charge in [-0.05, 0) is 48.1 Å². The molecule has 2 aromatic rings. The highest BCUT2D eigenvalue weighted by atomic mass is 79.9. The Hall–Kier alpha value is -1.12. The van der Waals surface area contributed by atoms with Gasteiger partial charge >= 0.3 is 0 Å². The standard InChI is InChI=1S/C19H22BrN/c1-15-13-21(14-16-5-3-2-4-6-16)12-11-19(15)17-7-9-18(20)10-8-17/h2-10,15,19H,11-14H2,1H3/t15-,19+/m0/s1. The van der Waals surface area contributed by atoms with Crippen molar-refractivity contribution in [1.82, 2.24) is 4.90 Å². The number of halogens is 1. The van der Waals surface area contributed by atoms with Crippen LogP contribution >= 0.6 is 15.9 Å². The first-order valence-corrected chi connectivity index (χ1v) is 8.53. The van der Waals surface area contributed by atoms with E-state index in [9.17, 15) is 0 Å². The highest BCUT2D eigenvalue weighted by Crippen LogP contribution is 2.33. The Bertz CT molecular complexity index is 564. The van der Waals surface area contributed by atoms with Crippen molar-refractivity contribution < 1.29 is 0 Å². The molecular formula is C19H22BrN. The zero-order valence-corrected chi connectivity index (χ0v) is 14.1. The largest absolute Gasteiger partial charge is 0.299 e. The Morgan fingerprint density at radius 3 is 2.43 bits per heavy atom. The van der Waals surface area contributed by atoms with Crippen molar-refractivity contribution in [3.8, 4) is 0 Å². The van der Waals surface area contributed by atoms with Gasteiger partial charge in [-0.2, -0.15) is 0 Å². The lowest BCUT2D eigenvalue weighted by molar-refractivity contribution is 0.156. The maximum absolute atomic E-state index is 3.52. The van der Waals surface area contributed by atoms with Crippen LogP contribution in [0.4, 0.5) is 0 Å². The maximum atomic E-state index is 3.52. The highest BCUT2D eigenvalue weighted by Gasteiger charge is 2.27. The van der Waals surface area contributed by atoms with Crippen molar-refractivity contribution in [2.75, 3.05) is 13.1 Å². The second-order valence-electron chi connectivity index (χ2n) is 6.14. The summed E-state index contributed by atoms with van der Waals surface area (Å²) in [4.78, 5) is 2.59. The molecule has 0 spiro atoms. The van der Waals surface area contributed by atoms with E-state index in [1.807, 2.05) is 0 Å². The molecule has 0 amide bonds. The van der Waals surface area contributed by atoms with Crippen LogP contribution in [0.1, 0.15) is 30.4 Å². The molecule has 2 atom stereocenters. The normalized spacial score (nSPS) is 23.1. The van der Waals surface area contributed by atoms with Crippen molar-refractivity contribution in [3.05, 3.63) is 70.2 Å². The highest BCUT2D eigenvalue weighted by molar-refractivity contribution is 9.10. The fraction of sp³-hybridized carbons (Fsp3) is 0.368. The van der Waals surface area contributed by atoms with Gasteiger partial charge in [0.1, 0.15) is 0 Å². The van der Waals surface area contributed by atoms with E-state index in [-0.39, 0.29) is 0 Å². The van der Waals surface area contributed by atoms with E-state index in [4.69, 9.17) is 0 Å². The second kappa shape index (κ2) is 6.76. The minimum Gasteiger partial charge on any atom is -0.299 e. The van der Waals surface area contributed by atoms with Crippen LogP contribution in [0.3, 0.4) is 0 Å². The summed E-state index contributed by atoms with van der Waals surface area (Å²) in [6, 6.07) is 19.7. The van der Waals surface area contributed by atoms with Gasteiger partial charge in [0, 0.05) is 17.6 Å². The van der Waals surface area contributed by atoms with Crippen molar-refractivity contribution in [3.63, 3.8) is 0 Å². The molecule has 0 aromatic heterocycles. The van der Waals surface area contributed by atoms with Crippen LogP contribution < -0.4 is 0 Å². The molecule has 0 radical (unpaired) electrons. The Labute approximate surface area is 136 Å². The van der Waals surface area contributed by atoms with Crippen LogP contribution in [0.2, 0.25) is 0 Å². The van der Waals surface area contributed by atoms with Crippen LogP contribution in [0.25, 0.3) is 0 Å². The molecule has 1 nitrogen and oxygen atoms in total. The third-order valence-corrected chi connectivity index (χ3v) is 5.07. The van der Waals surface area contributed by atoms with Gasteiger partial charge in [0.25, 0.3) is 0 Å². The van der Waals surface area contributed by atoms with Crippen molar-refractivity contribution in [2.24, 2.45) is 5.92 Å². The molecule has 2 heteroatoms. The van der Waals surface area contributed by atoms with Crippen LogP contribution in [0, 0.1) is 5.92 Å². The Morgan fingerprint density at radius 2 is 1.76 bits per heavy atom. The predicted octanol–water partition coefficient (Wildman–Crippen LogP) is 5.07. The predicted molar refractivity (Wildman–Crippen MR) is 92.4 cm³/mol. The number of nitrogens with zero attached hydrogens (tertiary/aromatic N) is 1. The summed E-state index contributed by atoms with van der Waals surface area (Å²) in [6.45, 7) is 5.86. The van der Waals surface area contributed by atoms with Gasteiger partial charge < -0.3 is 0 Å². The lowest BCUT2D eigenvalue weighted by Crippen LogP contribution is -2.37. The molecule has 1 aliphatic rings. The number of likely N-dealkylation sites (tertiary alicyclic amines) is 1. The molecule has 1 aliphatic heterocycles. The van der Waals surface area contributed by atoms with Gasteiger partial charge in [-0.25, -0.2) is 0 Å². The molecule has 21 heavy (non-hydrogen) atoms. The molecular weight excluding hydrogens is 322 g/mol. The molecule has 110 valence electrons. The maximum Gasteiger partial charge on any atom is 0.0233 e. The van der Waals surface area contributed by atoms with Crippen molar-refractivity contribution >= 4 is 15.9 Å². The van der Waals surface area contributed by atoms with E-state index in [0.717, 1.165) is 6.54 Å². The van der Waals surface area contributed by atoms with Gasteiger partial charge in [-0.15, -0.1) is 0 Å². The summed E-state index contributed by atoms with van der Waals surface area (Å²) in [5.41, 5.74) is 2.91. The summed E-state index contributed by atoms with van der Waals surface area (Å²) in [5, 5.41) is 0. The number of hydrogen-bond donors (Lipinski definition) is 0. The first-order chi connectivity index (χ1) is 10.2. The Kier molecular flexibility index (Phi) is 4.77. The van der Waals surface area contributed by atoms with Crippen LogP contribution in [-0.2, 0) is 6.54 Å². The fourth-order valence-electron chi connectivity index (χ4n) is 3.42. The Morgan fingerprint density at radius 1 is 1.05 bits per heavy atom. The lowest BCUT2D eigenvalue weighted by atomic mass is 9.81. The molecule has 3 rings (SSSR count). The van der Waals surface area contributed by atoms with Gasteiger partial charge in [0.15, 0.2) is 0 Å². The van der Waals surface area contributed by atoms with E-state index < -0.39 is 0 Å². The van der Waals surface area contributed by atoms with E-state index in [0.29, 0.717) is 11.8 Å². The first-order valence-electron chi connectivity index (χ1n) is 7.74. The molecule has 2 aromatic carbocycles. The second-order valence-corrected chi connectivity index (χ2v) is 7.06. The average molecular weight is 344 g/mol. The van der Waals surface area contributed by atoms with E-state index >= 15 is 0 Å². The monoisotopic (exact) mass is 343 g/mol. The minimum atomic E-state index is 0.699. The summed E-state index contributed by atoms with van der Waals surface area (Å²) >= 11 is 3.52. The molecule has 1 fully saturated rings. The number of rotatable bonds is 3. The number of hydrogen-bond acceptors (Lipinski definition) is 1. The summed E-state index contributed by atoms with van der Waals surface area (Å²) in [7, 11) is 0. The smallest absolute Gasteiger partial charge is 0.0233 e. The van der Waals surface area contributed by atoms with Crippen LogP contribution in [0.5, 0.6) is 0 Å². The number of benzene rings is 2. The third-order valence-electron chi connectivity index (χ3n) is 4.54. The van der Waals surface area contributed by atoms with Gasteiger partial charge in [0.2, 0.25) is 0 Å². The summed E-state index contributed by atoms with van der Waals surface area (Å²) in [5.74, 6) is 1.41. The molecule has 0 unspecified atom stereocenters. The van der Waals surface area contributed by atoms with Crippen LogP contribution in [-0.4, -0.2) is 18.0 Å².